The first-order valence-corrected chi connectivity index (χ1v) is 13.6. The first kappa shape index (κ1) is 25.0. The minimum Gasteiger partial charge on any atom is -0.352 e. The Kier molecular flexibility index (Phi) is 6.30. The van der Waals surface area contributed by atoms with Gasteiger partial charge in [-0.3, -0.25) is 18.8 Å². The van der Waals surface area contributed by atoms with Crippen molar-refractivity contribution < 1.29 is 22.0 Å². The zero-order chi connectivity index (χ0) is 26.5. The molecule has 0 radical (unpaired) electrons. The van der Waals surface area contributed by atoms with Crippen molar-refractivity contribution in [2.75, 3.05) is 22.9 Å². The minimum absolute atomic E-state index is 0.0356. The van der Waals surface area contributed by atoms with Crippen LogP contribution < -0.4 is 9.62 Å². The van der Waals surface area contributed by atoms with Gasteiger partial charge in [-0.25, -0.2) is 22.2 Å². The maximum Gasteiger partial charge on any atom is 0.277 e. The number of halogens is 2. The number of carbonyl (C=O) groups excluding carboxylic acids is 1. The zero-order valence-electron chi connectivity index (χ0n) is 20.6. The van der Waals surface area contributed by atoms with Gasteiger partial charge in [-0.1, -0.05) is 6.07 Å². The minimum atomic E-state index is -3.64. The lowest BCUT2D eigenvalue weighted by Gasteiger charge is -2.22. The van der Waals surface area contributed by atoms with E-state index in [1.165, 1.54) is 7.05 Å². The third-order valence-corrected chi connectivity index (χ3v) is 7.67. The summed E-state index contributed by atoms with van der Waals surface area (Å²) in [6.45, 7) is 0. The van der Waals surface area contributed by atoms with Crippen LogP contribution in [0.3, 0.4) is 0 Å². The zero-order valence-corrected chi connectivity index (χ0v) is 21.4. The lowest BCUT2D eigenvalue weighted by atomic mass is 10.1. The van der Waals surface area contributed by atoms with Gasteiger partial charge < -0.3 is 5.32 Å². The van der Waals surface area contributed by atoms with E-state index in [1.807, 2.05) is 6.07 Å². The maximum atomic E-state index is 13.5. The number of hydrogen-bond acceptors (Lipinski definition) is 7. The fourth-order valence-corrected chi connectivity index (χ4v) is 4.75. The molecule has 37 heavy (non-hydrogen) atoms. The van der Waals surface area contributed by atoms with Gasteiger partial charge in [0.25, 0.3) is 6.43 Å². The number of aliphatic imine (C=N–C) groups is 1. The van der Waals surface area contributed by atoms with Crippen molar-refractivity contribution >= 4 is 44.3 Å². The van der Waals surface area contributed by atoms with Crippen LogP contribution in [0.4, 0.5) is 31.5 Å². The first-order valence-electron chi connectivity index (χ1n) is 11.8. The number of anilines is 3. The van der Waals surface area contributed by atoms with Gasteiger partial charge >= 0.3 is 0 Å². The van der Waals surface area contributed by atoms with E-state index in [1.54, 1.807) is 42.2 Å². The van der Waals surface area contributed by atoms with E-state index in [4.69, 9.17) is 0 Å². The van der Waals surface area contributed by atoms with E-state index < -0.39 is 16.4 Å². The number of carbonyl (C=O) groups is 1. The molecular formula is C25H26F2N6O3S. The molecule has 9 nitrogen and oxygen atoms in total. The van der Waals surface area contributed by atoms with E-state index in [0.717, 1.165) is 23.4 Å². The Balaban J connectivity index is 1.58. The summed E-state index contributed by atoms with van der Waals surface area (Å²) in [7, 11) is -0.422. The van der Waals surface area contributed by atoms with Crippen molar-refractivity contribution in [2.24, 2.45) is 18.0 Å². The standard InChI is InChI=1S/C25H26F2N6O3S/c1-32-9-8-17(31-32)15-6-7-18(22(10-15)33(2)37(3,35)36)29-19-11-16(12-23(34)14-4-5-14)28-20-13-21(25(26)27)30-24(19)20/h6-11,14,25H,4-5,12-13H2,1-3H3,(H,28,29). The number of ketones is 1. The number of aryl methyl sites for hydroxylation is 1. The van der Waals surface area contributed by atoms with Crippen LogP contribution in [0.2, 0.25) is 0 Å². The van der Waals surface area contributed by atoms with Crippen molar-refractivity contribution in [1.82, 2.24) is 14.8 Å². The Labute approximate surface area is 213 Å². The molecule has 0 spiro atoms. The molecule has 2 aromatic heterocycles. The highest BCUT2D eigenvalue weighted by Crippen LogP contribution is 2.41. The Morgan fingerprint density at radius 3 is 2.59 bits per heavy atom. The van der Waals surface area contributed by atoms with Crippen LogP contribution in [0.5, 0.6) is 0 Å². The van der Waals surface area contributed by atoms with Crippen molar-refractivity contribution in [1.29, 1.82) is 0 Å². The second kappa shape index (κ2) is 9.33. The van der Waals surface area contributed by atoms with Gasteiger partial charge in [0, 0.05) is 44.6 Å². The number of Topliss-reactive ketones (excluding diaryl/α,β-unsaturated/α-hetero) is 1. The largest absolute Gasteiger partial charge is 0.352 e. The molecule has 1 saturated carbocycles. The van der Waals surface area contributed by atoms with Crippen molar-refractivity contribution in [3.8, 4) is 11.3 Å². The molecule has 0 atom stereocenters. The van der Waals surface area contributed by atoms with Crippen LogP contribution >= 0.6 is 0 Å². The van der Waals surface area contributed by atoms with Gasteiger partial charge in [0.15, 0.2) is 0 Å². The molecule has 0 bridgehead atoms. The molecule has 0 unspecified atom stereocenters. The predicted octanol–water partition coefficient (Wildman–Crippen LogP) is 4.04. The van der Waals surface area contributed by atoms with Crippen LogP contribution in [0.25, 0.3) is 11.3 Å². The number of hydrogen-bond donors (Lipinski definition) is 1. The average molecular weight is 529 g/mol. The summed E-state index contributed by atoms with van der Waals surface area (Å²) < 4.78 is 54.7. The molecule has 2 aliphatic rings. The number of nitrogens with one attached hydrogen (secondary N) is 1. The summed E-state index contributed by atoms with van der Waals surface area (Å²) in [5, 5.41) is 7.58. The first-order chi connectivity index (χ1) is 17.5. The third kappa shape index (κ3) is 5.24. The molecule has 3 aromatic rings. The highest BCUT2D eigenvalue weighted by Gasteiger charge is 2.31. The molecule has 1 aliphatic carbocycles. The molecule has 1 N–H and O–H groups in total. The number of benzene rings is 1. The fraction of sp³-hybridized carbons (Fsp3) is 0.360. The predicted molar refractivity (Wildman–Crippen MR) is 138 cm³/mol. The summed E-state index contributed by atoms with van der Waals surface area (Å²) >= 11 is 0. The Bertz CT molecular complexity index is 1530. The number of fused-ring (bicyclic) bond motifs is 1. The van der Waals surface area contributed by atoms with Gasteiger partial charge in [-0.2, -0.15) is 5.10 Å². The fourth-order valence-electron chi connectivity index (χ4n) is 4.24. The average Bonchev–Trinajstić information content (AvgIpc) is 3.45. The molecule has 3 heterocycles. The van der Waals surface area contributed by atoms with E-state index in [2.05, 4.69) is 20.4 Å². The monoisotopic (exact) mass is 528 g/mol. The number of nitrogens with zero attached hydrogens (tertiary/aromatic N) is 5. The van der Waals surface area contributed by atoms with Crippen LogP contribution in [0.15, 0.2) is 41.5 Å². The molecule has 12 heteroatoms. The molecular weight excluding hydrogens is 502 g/mol. The lowest BCUT2D eigenvalue weighted by molar-refractivity contribution is -0.119. The van der Waals surface area contributed by atoms with Crippen molar-refractivity contribution in [3.63, 3.8) is 0 Å². The van der Waals surface area contributed by atoms with Crippen molar-refractivity contribution in [2.45, 2.75) is 32.1 Å². The van der Waals surface area contributed by atoms with Gasteiger partial charge in [0.1, 0.15) is 11.5 Å². The summed E-state index contributed by atoms with van der Waals surface area (Å²) in [5.74, 6) is 0.108. The van der Waals surface area contributed by atoms with E-state index in [0.29, 0.717) is 39.7 Å². The van der Waals surface area contributed by atoms with E-state index >= 15 is 0 Å². The highest BCUT2D eigenvalue weighted by atomic mass is 32.2. The number of rotatable bonds is 9. The summed E-state index contributed by atoms with van der Waals surface area (Å²) in [5.41, 5.74) is 3.29. The SMILES string of the molecule is CN(c1cc(-c2ccn(C)n2)ccc1Nc1cc(CC(=O)C2CC2)nc2c1N=C(C(F)F)C2)S(C)(=O)=O. The van der Waals surface area contributed by atoms with E-state index in [-0.39, 0.29) is 35.9 Å². The number of alkyl halides is 2. The van der Waals surface area contributed by atoms with Gasteiger partial charge in [-0.05, 0) is 37.1 Å². The lowest BCUT2D eigenvalue weighted by Crippen LogP contribution is -2.25. The second-order valence-electron chi connectivity index (χ2n) is 9.42. The van der Waals surface area contributed by atoms with Crippen LogP contribution in [-0.2, 0) is 34.7 Å². The number of sulfonamides is 1. The quantitative estimate of drug-likeness (QED) is 0.449. The molecule has 5 rings (SSSR count). The normalized spacial score (nSPS) is 15.0. The number of aromatic nitrogens is 3. The van der Waals surface area contributed by atoms with Gasteiger partial charge in [-0.15, -0.1) is 0 Å². The molecule has 0 saturated heterocycles. The second-order valence-corrected chi connectivity index (χ2v) is 11.4. The molecule has 1 fully saturated rings. The van der Waals surface area contributed by atoms with E-state index in [9.17, 15) is 22.0 Å². The third-order valence-electron chi connectivity index (χ3n) is 6.48. The van der Waals surface area contributed by atoms with Gasteiger partial charge in [0.2, 0.25) is 10.0 Å². The highest BCUT2D eigenvalue weighted by molar-refractivity contribution is 7.92. The Morgan fingerprint density at radius 1 is 1.22 bits per heavy atom. The summed E-state index contributed by atoms with van der Waals surface area (Å²) in [6.07, 6.45) is 1.85. The molecule has 0 amide bonds. The Hall–Kier alpha value is -3.67. The van der Waals surface area contributed by atoms with Crippen molar-refractivity contribution in [3.05, 3.63) is 47.9 Å². The topological polar surface area (TPSA) is 110 Å². The maximum absolute atomic E-state index is 13.5. The van der Waals surface area contributed by atoms with Gasteiger partial charge in [0.05, 0.1) is 46.1 Å². The van der Waals surface area contributed by atoms with Crippen LogP contribution in [0.1, 0.15) is 24.2 Å². The molecule has 1 aromatic carbocycles. The molecule has 194 valence electrons. The Morgan fingerprint density at radius 2 is 1.97 bits per heavy atom. The summed E-state index contributed by atoms with van der Waals surface area (Å²) in [4.78, 5) is 21.0. The molecule has 1 aliphatic heterocycles. The van der Waals surface area contributed by atoms with Crippen LogP contribution in [0, 0.1) is 5.92 Å². The smallest absolute Gasteiger partial charge is 0.277 e. The number of pyridine rings is 1. The summed E-state index contributed by atoms with van der Waals surface area (Å²) in [6, 6.07) is 8.63. The van der Waals surface area contributed by atoms with Crippen LogP contribution in [-0.4, -0.2) is 54.4 Å².